The molecule has 0 radical (unpaired) electrons. The van der Waals surface area contributed by atoms with Gasteiger partial charge in [0.1, 0.15) is 0 Å². The molecule has 0 aliphatic rings. The van der Waals surface area contributed by atoms with E-state index in [2.05, 4.69) is 64.3 Å². The first-order valence-electron chi connectivity index (χ1n) is 6.31. The Kier molecular flexibility index (Phi) is 4.95. The van der Waals surface area contributed by atoms with Crippen molar-refractivity contribution >= 4 is 22.6 Å². The predicted octanol–water partition coefficient (Wildman–Crippen LogP) is 2.47. The zero-order chi connectivity index (χ0) is 13.8. The Hall–Kier alpha value is -0.920. The van der Waals surface area contributed by atoms with E-state index in [4.69, 9.17) is 5.84 Å². The van der Waals surface area contributed by atoms with Crippen molar-refractivity contribution in [2.24, 2.45) is 12.9 Å². The molecule has 1 aromatic carbocycles. The minimum atomic E-state index is 0.168. The zero-order valence-corrected chi connectivity index (χ0v) is 13.4. The fourth-order valence-corrected chi connectivity index (χ4v) is 2.94. The van der Waals surface area contributed by atoms with Crippen LogP contribution < -0.4 is 11.3 Å². The van der Waals surface area contributed by atoms with Gasteiger partial charge in [-0.1, -0.05) is 18.2 Å². The van der Waals surface area contributed by atoms with E-state index in [-0.39, 0.29) is 6.04 Å². The van der Waals surface area contributed by atoms with Crippen molar-refractivity contribution in [1.29, 1.82) is 0 Å². The van der Waals surface area contributed by atoms with Crippen molar-refractivity contribution in [3.63, 3.8) is 0 Å². The Bertz CT molecular complexity index is 550. The molecule has 1 atom stereocenters. The molecule has 1 heterocycles. The molecule has 2 aromatic rings. The lowest BCUT2D eigenvalue weighted by atomic mass is 10.00. The molecule has 0 bridgehead atoms. The van der Waals surface area contributed by atoms with Gasteiger partial charge in [-0.3, -0.25) is 16.0 Å². The summed E-state index contributed by atoms with van der Waals surface area (Å²) < 4.78 is 3.20. The molecule has 0 saturated carbocycles. The number of rotatable bonds is 5. The van der Waals surface area contributed by atoms with Gasteiger partial charge in [-0.25, -0.2) is 0 Å². The number of nitrogens with one attached hydrogen (secondary N) is 1. The highest BCUT2D eigenvalue weighted by Gasteiger charge is 2.14. The van der Waals surface area contributed by atoms with E-state index in [0.717, 1.165) is 12.8 Å². The van der Waals surface area contributed by atoms with Gasteiger partial charge in [-0.05, 0) is 59.5 Å². The average molecular weight is 370 g/mol. The Morgan fingerprint density at radius 1 is 1.42 bits per heavy atom. The summed E-state index contributed by atoms with van der Waals surface area (Å²) in [5, 5.41) is 4.19. The third-order valence-corrected chi connectivity index (χ3v) is 4.88. The van der Waals surface area contributed by atoms with Crippen molar-refractivity contribution in [3.05, 3.63) is 50.9 Å². The quantitative estimate of drug-likeness (QED) is 0.483. The molecular formula is C14H19IN4. The molecule has 0 spiro atoms. The van der Waals surface area contributed by atoms with E-state index in [9.17, 15) is 0 Å². The topological polar surface area (TPSA) is 55.9 Å². The smallest absolute Gasteiger partial charge is 0.0492 e. The van der Waals surface area contributed by atoms with Gasteiger partial charge in [0.05, 0.1) is 0 Å². The van der Waals surface area contributed by atoms with Crippen molar-refractivity contribution in [2.45, 2.75) is 25.8 Å². The Balaban J connectivity index is 2.12. The molecule has 0 saturated heterocycles. The second-order valence-electron chi connectivity index (χ2n) is 4.68. The summed E-state index contributed by atoms with van der Waals surface area (Å²) in [5.41, 5.74) is 6.72. The molecule has 5 heteroatoms. The summed E-state index contributed by atoms with van der Waals surface area (Å²) in [7, 11) is 1.97. The first-order valence-corrected chi connectivity index (χ1v) is 7.39. The molecule has 3 N–H and O–H groups in total. The second kappa shape index (κ2) is 6.49. The summed E-state index contributed by atoms with van der Waals surface area (Å²) in [6.45, 7) is 2.12. The van der Waals surface area contributed by atoms with Crippen molar-refractivity contribution in [2.75, 3.05) is 0 Å². The number of benzene rings is 1. The highest BCUT2D eigenvalue weighted by atomic mass is 127. The van der Waals surface area contributed by atoms with E-state index in [0.29, 0.717) is 0 Å². The lowest BCUT2D eigenvalue weighted by Crippen LogP contribution is -2.29. The van der Waals surface area contributed by atoms with Crippen LogP contribution in [0.5, 0.6) is 0 Å². The van der Waals surface area contributed by atoms with Gasteiger partial charge < -0.3 is 0 Å². The Labute approximate surface area is 127 Å². The fraction of sp³-hybridized carbons (Fsp3) is 0.357. The molecule has 102 valence electrons. The maximum absolute atomic E-state index is 5.73. The normalized spacial score (nSPS) is 12.6. The maximum Gasteiger partial charge on any atom is 0.0492 e. The molecule has 0 aliphatic carbocycles. The third kappa shape index (κ3) is 3.34. The van der Waals surface area contributed by atoms with Crippen molar-refractivity contribution in [3.8, 4) is 0 Å². The molecule has 0 amide bonds. The minimum Gasteiger partial charge on any atom is -0.273 e. The third-order valence-electron chi connectivity index (χ3n) is 3.41. The largest absolute Gasteiger partial charge is 0.273 e. The number of aromatic nitrogens is 2. The van der Waals surface area contributed by atoms with Crippen LogP contribution in [0.1, 0.15) is 29.3 Å². The van der Waals surface area contributed by atoms with Crippen LogP contribution in [-0.4, -0.2) is 9.78 Å². The monoisotopic (exact) mass is 370 g/mol. The minimum absolute atomic E-state index is 0.168. The van der Waals surface area contributed by atoms with Crippen LogP contribution in [0.3, 0.4) is 0 Å². The Morgan fingerprint density at radius 3 is 2.84 bits per heavy atom. The van der Waals surface area contributed by atoms with E-state index >= 15 is 0 Å². The molecule has 0 fully saturated rings. The second-order valence-corrected chi connectivity index (χ2v) is 5.76. The molecule has 0 aliphatic heterocycles. The van der Waals surface area contributed by atoms with Gasteiger partial charge in [-0.2, -0.15) is 5.10 Å². The molecule has 19 heavy (non-hydrogen) atoms. The molecular weight excluding hydrogens is 351 g/mol. The summed E-state index contributed by atoms with van der Waals surface area (Å²) >= 11 is 2.39. The fourth-order valence-electron chi connectivity index (χ4n) is 2.21. The number of aryl methyl sites for hydroxylation is 3. The number of hydrazine groups is 1. The van der Waals surface area contributed by atoms with Crippen LogP contribution in [0, 0.1) is 10.5 Å². The first-order chi connectivity index (χ1) is 9.13. The number of halogens is 1. The standard InChI is InChI=1S/C14H19IN4/c1-10-4-3-5-12(14(10)15)13(18-16)7-6-11-8-9-17-19(11)2/h3-5,8-9,13,18H,6-7,16H2,1-2H3. The highest BCUT2D eigenvalue weighted by molar-refractivity contribution is 14.1. The van der Waals surface area contributed by atoms with Gasteiger partial charge >= 0.3 is 0 Å². The van der Waals surface area contributed by atoms with Gasteiger partial charge in [0.15, 0.2) is 0 Å². The van der Waals surface area contributed by atoms with Gasteiger partial charge in [0, 0.05) is 28.6 Å². The predicted molar refractivity (Wildman–Crippen MR) is 85.5 cm³/mol. The van der Waals surface area contributed by atoms with Crippen LogP contribution in [0.2, 0.25) is 0 Å². The van der Waals surface area contributed by atoms with E-state index in [1.165, 1.54) is 20.4 Å². The van der Waals surface area contributed by atoms with Crippen molar-refractivity contribution < 1.29 is 0 Å². The number of nitrogens with zero attached hydrogens (tertiary/aromatic N) is 2. The van der Waals surface area contributed by atoms with E-state index in [1.54, 1.807) is 0 Å². The van der Waals surface area contributed by atoms with Gasteiger partial charge in [-0.15, -0.1) is 0 Å². The number of hydrogen-bond acceptors (Lipinski definition) is 3. The SMILES string of the molecule is Cc1cccc(C(CCc2ccnn2C)NN)c1I. The average Bonchev–Trinajstić information content (AvgIpc) is 2.80. The van der Waals surface area contributed by atoms with E-state index in [1.807, 2.05) is 17.9 Å². The van der Waals surface area contributed by atoms with Gasteiger partial charge in [0.25, 0.3) is 0 Å². The maximum atomic E-state index is 5.73. The summed E-state index contributed by atoms with van der Waals surface area (Å²) in [5.74, 6) is 5.73. The summed E-state index contributed by atoms with van der Waals surface area (Å²) in [6.07, 6.45) is 3.74. The van der Waals surface area contributed by atoms with Crippen LogP contribution in [0.15, 0.2) is 30.5 Å². The van der Waals surface area contributed by atoms with Crippen LogP contribution >= 0.6 is 22.6 Å². The molecule has 2 rings (SSSR count). The molecule has 1 unspecified atom stereocenters. The molecule has 1 aromatic heterocycles. The summed E-state index contributed by atoms with van der Waals surface area (Å²) in [6, 6.07) is 8.57. The number of hydrogen-bond donors (Lipinski definition) is 2. The Morgan fingerprint density at radius 2 is 2.21 bits per heavy atom. The van der Waals surface area contributed by atoms with Crippen LogP contribution in [0.4, 0.5) is 0 Å². The summed E-state index contributed by atoms with van der Waals surface area (Å²) in [4.78, 5) is 0. The molecule has 4 nitrogen and oxygen atoms in total. The van der Waals surface area contributed by atoms with E-state index < -0.39 is 0 Å². The van der Waals surface area contributed by atoms with Gasteiger partial charge in [0.2, 0.25) is 0 Å². The highest BCUT2D eigenvalue weighted by Crippen LogP contribution is 2.25. The van der Waals surface area contributed by atoms with Crippen LogP contribution in [0.25, 0.3) is 0 Å². The lowest BCUT2D eigenvalue weighted by Gasteiger charge is -2.19. The van der Waals surface area contributed by atoms with Crippen LogP contribution in [-0.2, 0) is 13.5 Å². The van der Waals surface area contributed by atoms with Crippen molar-refractivity contribution in [1.82, 2.24) is 15.2 Å². The first kappa shape index (κ1) is 14.5. The lowest BCUT2D eigenvalue weighted by molar-refractivity contribution is 0.504. The zero-order valence-electron chi connectivity index (χ0n) is 11.2. The number of nitrogens with two attached hydrogens (primary N) is 1.